The molecule has 248 valence electrons. The van der Waals surface area contributed by atoms with Crippen molar-refractivity contribution in [3.05, 3.63) is 135 Å². The molecule has 0 saturated heterocycles. The highest BCUT2D eigenvalue weighted by Gasteiger charge is 2.42. The summed E-state index contributed by atoms with van der Waals surface area (Å²) in [6.07, 6.45) is -4.44. The number of carbonyl (C=O) groups excluding carboxylic acids is 3. The molecule has 0 aliphatic rings. The van der Waals surface area contributed by atoms with Gasteiger partial charge in [-0.2, -0.15) is 13.2 Å². The van der Waals surface area contributed by atoms with Crippen LogP contribution in [0.2, 0.25) is 0 Å². The molecule has 0 bridgehead atoms. The zero-order valence-electron chi connectivity index (χ0n) is 23.8. The third-order valence-corrected chi connectivity index (χ3v) is 7.25. The number of nitro groups is 1. The molecule has 4 aromatic rings. The first kappa shape index (κ1) is 35.1. The number of hydrogen-bond donors (Lipinski definition) is 3. The standard InChI is InChI=1S/C31H19F7N4O5S/c32-24-23(31(36,37)38)25(33)27(35)28(26(24)34)41-22(43)15-48-20-12-8-18(9-13-20)39-30(45)21(40-29(44)17-4-2-1-3-5-17)14-16-6-10-19(11-7-16)42(46)47/h1-14H,15H2,(H,39,45)(H,40,44)(H,41,43)/b21-14-. The topological polar surface area (TPSA) is 130 Å². The van der Waals surface area contributed by atoms with Crippen molar-refractivity contribution in [2.45, 2.75) is 11.1 Å². The van der Waals surface area contributed by atoms with E-state index in [0.717, 1.165) is 11.8 Å². The van der Waals surface area contributed by atoms with Crippen LogP contribution in [0.5, 0.6) is 0 Å². The zero-order valence-corrected chi connectivity index (χ0v) is 24.6. The van der Waals surface area contributed by atoms with Crippen LogP contribution < -0.4 is 16.0 Å². The van der Waals surface area contributed by atoms with Crippen LogP contribution in [0.25, 0.3) is 6.08 Å². The van der Waals surface area contributed by atoms with Gasteiger partial charge in [0.15, 0.2) is 23.3 Å². The normalized spacial score (nSPS) is 11.5. The van der Waals surface area contributed by atoms with E-state index in [1.54, 1.807) is 18.2 Å². The van der Waals surface area contributed by atoms with Crippen molar-refractivity contribution in [3.63, 3.8) is 0 Å². The van der Waals surface area contributed by atoms with E-state index in [2.05, 4.69) is 10.6 Å². The SMILES string of the molecule is O=C(CSc1ccc(NC(=O)/C(=C/c2ccc([N+](=O)[O-])cc2)NC(=O)c2ccccc2)cc1)Nc1c(F)c(F)c(C(F)(F)F)c(F)c1F. The molecule has 3 N–H and O–H groups in total. The van der Waals surface area contributed by atoms with Crippen LogP contribution in [0.3, 0.4) is 0 Å². The molecule has 9 nitrogen and oxygen atoms in total. The smallest absolute Gasteiger partial charge is 0.321 e. The molecule has 4 rings (SSSR count). The summed E-state index contributed by atoms with van der Waals surface area (Å²) in [4.78, 5) is 48.9. The van der Waals surface area contributed by atoms with Gasteiger partial charge in [-0.25, -0.2) is 17.6 Å². The summed E-state index contributed by atoms with van der Waals surface area (Å²) in [6.45, 7) is 0. The second-order valence-corrected chi connectivity index (χ2v) is 10.6. The number of nitrogens with one attached hydrogen (secondary N) is 3. The minimum absolute atomic E-state index is 0.191. The van der Waals surface area contributed by atoms with E-state index in [4.69, 9.17) is 0 Å². The van der Waals surface area contributed by atoms with E-state index in [1.807, 2.05) is 0 Å². The van der Waals surface area contributed by atoms with Gasteiger partial charge in [-0.1, -0.05) is 18.2 Å². The number of nitrogens with zero attached hydrogens (tertiary/aromatic N) is 1. The number of rotatable bonds is 10. The molecule has 48 heavy (non-hydrogen) atoms. The van der Waals surface area contributed by atoms with Crippen LogP contribution in [0, 0.1) is 33.4 Å². The van der Waals surface area contributed by atoms with Gasteiger partial charge in [-0.3, -0.25) is 24.5 Å². The third-order valence-electron chi connectivity index (χ3n) is 6.24. The third kappa shape index (κ3) is 8.55. The first-order valence-electron chi connectivity index (χ1n) is 13.3. The lowest BCUT2D eigenvalue weighted by Gasteiger charge is -2.14. The fraction of sp³-hybridized carbons (Fsp3) is 0.0645. The average Bonchev–Trinajstić information content (AvgIpc) is 3.05. The van der Waals surface area contributed by atoms with Gasteiger partial charge in [0.1, 0.15) is 16.9 Å². The van der Waals surface area contributed by atoms with E-state index in [1.165, 1.54) is 72.1 Å². The lowest BCUT2D eigenvalue weighted by atomic mass is 10.1. The van der Waals surface area contributed by atoms with Gasteiger partial charge in [-0.15, -0.1) is 11.8 Å². The van der Waals surface area contributed by atoms with Gasteiger partial charge >= 0.3 is 6.18 Å². The number of alkyl halides is 3. The second-order valence-electron chi connectivity index (χ2n) is 9.55. The number of halogens is 7. The molecule has 0 aliphatic carbocycles. The molecule has 0 heterocycles. The highest BCUT2D eigenvalue weighted by Crippen LogP contribution is 2.38. The lowest BCUT2D eigenvalue weighted by Crippen LogP contribution is -2.30. The van der Waals surface area contributed by atoms with Crippen molar-refractivity contribution in [1.29, 1.82) is 0 Å². The summed E-state index contributed by atoms with van der Waals surface area (Å²) in [5, 5.41) is 17.6. The Balaban J connectivity index is 1.44. The van der Waals surface area contributed by atoms with Gasteiger partial charge in [0.05, 0.1) is 10.7 Å². The zero-order chi connectivity index (χ0) is 35.2. The molecule has 0 radical (unpaired) electrons. The molecule has 3 amide bonds. The first-order valence-corrected chi connectivity index (χ1v) is 14.2. The highest BCUT2D eigenvalue weighted by molar-refractivity contribution is 8.00. The predicted molar refractivity (Wildman–Crippen MR) is 161 cm³/mol. The number of nitro benzene ring substituents is 1. The van der Waals surface area contributed by atoms with Gasteiger partial charge in [0, 0.05) is 28.3 Å². The Labute approximate surface area is 270 Å². The summed E-state index contributed by atoms with van der Waals surface area (Å²) in [5.74, 6) is -13.5. The van der Waals surface area contributed by atoms with Crippen LogP contribution in [0.4, 0.5) is 47.8 Å². The Hall–Kier alpha value is -5.71. The van der Waals surface area contributed by atoms with Crippen LogP contribution in [0.15, 0.2) is 89.5 Å². The highest BCUT2D eigenvalue weighted by atomic mass is 32.2. The number of anilines is 2. The van der Waals surface area contributed by atoms with E-state index < -0.39 is 69.1 Å². The first-order chi connectivity index (χ1) is 22.6. The summed E-state index contributed by atoms with van der Waals surface area (Å²) in [7, 11) is 0. The maximum absolute atomic E-state index is 14.1. The van der Waals surface area contributed by atoms with Crippen molar-refractivity contribution in [2.24, 2.45) is 0 Å². The van der Waals surface area contributed by atoms with Crippen molar-refractivity contribution in [1.82, 2.24) is 5.32 Å². The molecule has 0 spiro atoms. The van der Waals surface area contributed by atoms with Crippen molar-refractivity contribution in [3.8, 4) is 0 Å². The number of hydrogen-bond acceptors (Lipinski definition) is 6. The monoisotopic (exact) mass is 692 g/mol. The summed E-state index contributed by atoms with van der Waals surface area (Å²) in [5.41, 5.74) is -4.11. The maximum atomic E-state index is 14.1. The number of thioether (sulfide) groups is 1. The Bertz CT molecular complexity index is 1880. The number of benzene rings is 4. The largest absolute Gasteiger partial charge is 0.422 e. The van der Waals surface area contributed by atoms with Gasteiger partial charge in [0.2, 0.25) is 5.91 Å². The minimum Gasteiger partial charge on any atom is -0.321 e. The lowest BCUT2D eigenvalue weighted by molar-refractivity contribution is -0.384. The molecule has 0 saturated carbocycles. The van der Waals surface area contributed by atoms with Gasteiger partial charge in [-0.05, 0) is 60.2 Å². The molecular formula is C31H19F7N4O5S. The van der Waals surface area contributed by atoms with Crippen LogP contribution >= 0.6 is 11.8 Å². The van der Waals surface area contributed by atoms with E-state index in [0.29, 0.717) is 10.5 Å². The second kappa shape index (κ2) is 14.8. The van der Waals surface area contributed by atoms with Crippen molar-refractivity contribution >= 4 is 52.6 Å². The van der Waals surface area contributed by atoms with Crippen LogP contribution in [0.1, 0.15) is 21.5 Å². The molecule has 0 aromatic heterocycles. The summed E-state index contributed by atoms with van der Waals surface area (Å²) in [6, 6.07) is 18.7. The Morgan fingerprint density at radius 2 is 1.38 bits per heavy atom. The summed E-state index contributed by atoms with van der Waals surface area (Å²) >= 11 is 0.767. The quantitative estimate of drug-likeness (QED) is 0.0399. The molecule has 4 aromatic carbocycles. The molecule has 0 atom stereocenters. The Morgan fingerprint density at radius 1 is 0.792 bits per heavy atom. The Kier molecular flexibility index (Phi) is 10.8. The van der Waals surface area contributed by atoms with Crippen molar-refractivity contribution < 1.29 is 50.0 Å². The number of non-ortho nitro benzene ring substituents is 1. The fourth-order valence-electron chi connectivity index (χ4n) is 3.95. The molecule has 0 aliphatic heterocycles. The number of carbonyl (C=O) groups is 3. The van der Waals surface area contributed by atoms with E-state index in [9.17, 15) is 55.2 Å². The molecular weight excluding hydrogens is 673 g/mol. The molecule has 17 heteroatoms. The molecule has 0 unspecified atom stereocenters. The van der Waals surface area contributed by atoms with Crippen LogP contribution in [-0.2, 0) is 15.8 Å². The fourth-order valence-corrected chi connectivity index (χ4v) is 4.65. The van der Waals surface area contributed by atoms with E-state index >= 15 is 0 Å². The summed E-state index contributed by atoms with van der Waals surface area (Å²) < 4.78 is 94.2. The maximum Gasteiger partial charge on any atom is 0.422 e. The van der Waals surface area contributed by atoms with Gasteiger partial charge in [0.25, 0.3) is 17.5 Å². The minimum atomic E-state index is -5.74. The Morgan fingerprint density at radius 3 is 1.92 bits per heavy atom. The predicted octanol–water partition coefficient (Wildman–Crippen LogP) is 7.31. The number of amides is 3. The van der Waals surface area contributed by atoms with Crippen LogP contribution in [-0.4, -0.2) is 28.4 Å². The van der Waals surface area contributed by atoms with Crippen molar-refractivity contribution in [2.75, 3.05) is 16.4 Å². The average molecular weight is 693 g/mol. The van der Waals surface area contributed by atoms with Gasteiger partial charge < -0.3 is 16.0 Å². The molecule has 0 fully saturated rings. The van der Waals surface area contributed by atoms with E-state index in [-0.39, 0.29) is 22.6 Å².